The van der Waals surface area contributed by atoms with E-state index in [2.05, 4.69) is 26.3 Å². The number of para-hydroxylation sites is 1. The van der Waals surface area contributed by atoms with Crippen molar-refractivity contribution in [2.75, 3.05) is 5.75 Å². The molecule has 8 heteroatoms. The van der Waals surface area contributed by atoms with Crippen LogP contribution in [0.1, 0.15) is 18.0 Å². The molecule has 0 spiro atoms. The minimum Gasteiger partial charge on any atom is -0.298 e. The Morgan fingerprint density at radius 2 is 2.17 bits per heavy atom. The van der Waals surface area contributed by atoms with Gasteiger partial charge in [-0.2, -0.15) is 0 Å². The average molecular weight is 421 g/mol. The Hall–Kier alpha value is -1.64. The number of carbonyl (C=O) groups excluding carboxylic acids is 1. The highest BCUT2D eigenvalue weighted by Crippen LogP contribution is 2.35. The number of halogens is 1. The van der Waals surface area contributed by atoms with E-state index in [1.54, 1.807) is 16.3 Å². The van der Waals surface area contributed by atoms with Crippen LogP contribution >= 0.6 is 39.0 Å². The molecule has 0 saturated carbocycles. The summed E-state index contributed by atoms with van der Waals surface area (Å²) in [5, 5.41) is 11.5. The van der Waals surface area contributed by atoms with Gasteiger partial charge in [0.1, 0.15) is 5.70 Å². The second-order valence-electron chi connectivity index (χ2n) is 5.15. The molecule has 2 aromatic rings. The third-order valence-electron chi connectivity index (χ3n) is 3.64. The number of thioether (sulfide) groups is 1. The second kappa shape index (κ2) is 6.34. The molecule has 4 rings (SSSR count). The van der Waals surface area contributed by atoms with Gasteiger partial charge in [0, 0.05) is 5.22 Å². The van der Waals surface area contributed by atoms with Crippen molar-refractivity contribution in [3.63, 3.8) is 0 Å². The molecule has 0 radical (unpaired) electrons. The first-order chi connectivity index (χ1) is 11.7. The Morgan fingerprint density at radius 1 is 1.33 bits per heavy atom. The fraction of sp³-hybridized carbons (Fsp3) is 0.188. The SMILES string of the molecule is CCSC1=NN2C(=c3ccccc3=N[C@H]2c2ccc(Br)s2)C(=O)N1. The third-order valence-corrected chi connectivity index (χ3v) is 6.05. The van der Waals surface area contributed by atoms with Gasteiger partial charge in [-0.3, -0.25) is 15.1 Å². The third kappa shape index (κ3) is 2.68. The quantitative estimate of drug-likeness (QED) is 0.811. The number of hydrazone groups is 1. The Bertz CT molecular complexity index is 968. The minimum absolute atomic E-state index is 0.135. The summed E-state index contributed by atoms with van der Waals surface area (Å²) in [6, 6.07) is 11.7. The number of hydrogen-bond acceptors (Lipinski definition) is 6. The molecule has 2 aliphatic rings. The van der Waals surface area contributed by atoms with E-state index in [0.717, 1.165) is 25.0 Å². The first-order valence-corrected chi connectivity index (χ1v) is 10.0. The Morgan fingerprint density at radius 3 is 2.92 bits per heavy atom. The molecular formula is C16H13BrN4OS2. The summed E-state index contributed by atoms with van der Waals surface area (Å²) in [4.78, 5) is 18.6. The molecule has 0 saturated heterocycles. The molecule has 0 fully saturated rings. The Labute approximate surface area is 155 Å². The van der Waals surface area contributed by atoms with Crippen molar-refractivity contribution in [2.45, 2.75) is 13.1 Å². The monoisotopic (exact) mass is 420 g/mol. The van der Waals surface area contributed by atoms with Crippen molar-refractivity contribution < 1.29 is 4.79 Å². The predicted molar refractivity (Wildman–Crippen MR) is 101 cm³/mol. The van der Waals surface area contributed by atoms with Crippen molar-refractivity contribution in [3.8, 4) is 0 Å². The number of rotatable bonds is 2. The first kappa shape index (κ1) is 15.9. The van der Waals surface area contributed by atoms with E-state index < -0.39 is 0 Å². The molecule has 122 valence electrons. The van der Waals surface area contributed by atoms with Crippen LogP contribution in [-0.2, 0) is 4.79 Å². The lowest BCUT2D eigenvalue weighted by molar-refractivity contribution is -0.116. The molecule has 3 heterocycles. The molecule has 2 aliphatic heterocycles. The first-order valence-electron chi connectivity index (χ1n) is 7.42. The molecule has 1 N–H and O–H groups in total. The molecule has 0 unspecified atom stereocenters. The number of amides is 1. The zero-order valence-corrected chi connectivity index (χ0v) is 15.9. The molecule has 1 atom stereocenters. The molecule has 0 bridgehead atoms. The second-order valence-corrected chi connectivity index (χ2v) is 8.89. The van der Waals surface area contributed by atoms with Gasteiger partial charge in [-0.05, 0) is 39.9 Å². The normalized spacial score (nSPS) is 19.2. The fourth-order valence-corrected chi connectivity index (χ4v) is 4.71. The highest BCUT2D eigenvalue weighted by atomic mass is 79.9. The molecule has 1 aromatic heterocycles. The van der Waals surface area contributed by atoms with Gasteiger partial charge in [-0.1, -0.05) is 36.9 Å². The van der Waals surface area contributed by atoms with Crippen LogP contribution < -0.4 is 15.9 Å². The lowest BCUT2D eigenvalue weighted by Crippen LogP contribution is -2.50. The predicted octanol–water partition coefficient (Wildman–Crippen LogP) is 2.41. The summed E-state index contributed by atoms with van der Waals surface area (Å²) in [6.07, 6.45) is -0.329. The van der Waals surface area contributed by atoms with Gasteiger partial charge < -0.3 is 0 Å². The maximum Gasteiger partial charge on any atom is 0.276 e. The van der Waals surface area contributed by atoms with Crippen molar-refractivity contribution in [3.05, 3.63) is 55.6 Å². The van der Waals surface area contributed by atoms with Gasteiger partial charge in [0.25, 0.3) is 5.91 Å². The number of thiophene rings is 1. The largest absolute Gasteiger partial charge is 0.298 e. The fourth-order valence-electron chi connectivity index (χ4n) is 2.68. The Balaban J connectivity index is 1.95. The minimum atomic E-state index is -0.329. The van der Waals surface area contributed by atoms with E-state index in [9.17, 15) is 4.79 Å². The number of nitrogens with one attached hydrogen (secondary N) is 1. The number of fused-ring (bicyclic) bond motifs is 2. The van der Waals surface area contributed by atoms with Crippen LogP contribution in [0.15, 0.2) is 50.3 Å². The summed E-state index contributed by atoms with van der Waals surface area (Å²) < 4.78 is 1.03. The molecule has 1 aromatic carbocycles. The van der Waals surface area contributed by atoms with Crippen molar-refractivity contribution >= 4 is 55.8 Å². The summed E-state index contributed by atoms with van der Waals surface area (Å²) in [7, 11) is 0. The molecule has 5 nitrogen and oxygen atoms in total. The van der Waals surface area contributed by atoms with Crippen LogP contribution in [0.5, 0.6) is 0 Å². The van der Waals surface area contributed by atoms with Crippen molar-refractivity contribution in [1.29, 1.82) is 0 Å². The highest BCUT2D eigenvalue weighted by Gasteiger charge is 2.34. The standard InChI is InChI=1S/C16H13BrN4OS2/c1-2-23-16-19-15(22)13-9-5-3-4-6-10(9)18-14(21(13)20-16)11-7-8-12(17)24-11/h3-8,14H,2H2,1H3,(H,19,20,22)/t14-/m1/s1. The number of carbonyl (C=O) groups is 1. The van der Waals surface area contributed by atoms with E-state index in [4.69, 9.17) is 4.99 Å². The summed E-state index contributed by atoms with van der Waals surface area (Å²) in [6.45, 7) is 2.03. The van der Waals surface area contributed by atoms with Crippen LogP contribution in [0, 0.1) is 0 Å². The summed E-state index contributed by atoms with van der Waals surface area (Å²) in [5.74, 6) is 0.703. The molecule has 24 heavy (non-hydrogen) atoms. The van der Waals surface area contributed by atoms with Crippen LogP contribution in [0.25, 0.3) is 5.70 Å². The lowest BCUT2D eigenvalue weighted by Gasteiger charge is -2.33. The van der Waals surface area contributed by atoms with E-state index in [-0.39, 0.29) is 12.1 Å². The van der Waals surface area contributed by atoms with Gasteiger partial charge >= 0.3 is 0 Å². The van der Waals surface area contributed by atoms with Crippen LogP contribution in [0.4, 0.5) is 0 Å². The molecule has 0 aliphatic carbocycles. The zero-order valence-electron chi connectivity index (χ0n) is 12.7. The van der Waals surface area contributed by atoms with Gasteiger partial charge in [0.2, 0.25) is 0 Å². The highest BCUT2D eigenvalue weighted by molar-refractivity contribution is 9.11. The summed E-state index contributed by atoms with van der Waals surface area (Å²) in [5.41, 5.74) is 0.551. The van der Waals surface area contributed by atoms with E-state index >= 15 is 0 Å². The zero-order chi connectivity index (χ0) is 16.7. The van der Waals surface area contributed by atoms with Crippen molar-refractivity contribution in [1.82, 2.24) is 10.3 Å². The van der Waals surface area contributed by atoms with Crippen LogP contribution in [0.3, 0.4) is 0 Å². The van der Waals surface area contributed by atoms with Gasteiger partial charge in [-0.15, -0.1) is 16.4 Å². The van der Waals surface area contributed by atoms with Crippen LogP contribution in [0.2, 0.25) is 0 Å². The van der Waals surface area contributed by atoms with Crippen LogP contribution in [-0.4, -0.2) is 21.8 Å². The number of amidine groups is 1. The summed E-state index contributed by atoms with van der Waals surface area (Å²) >= 11 is 6.61. The maximum absolute atomic E-state index is 12.7. The molecule has 1 amide bonds. The van der Waals surface area contributed by atoms with Crippen molar-refractivity contribution in [2.24, 2.45) is 10.1 Å². The van der Waals surface area contributed by atoms with Gasteiger partial charge in [-0.25, -0.2) is 5.01 Å². The Kier molecular flexibility index (Phi) is 4.19. The maximum atomic E-state index is 12.7. The number of nitrogens with zero attached hydrogens (tertiary/aromatic N) is 3. The van der Waals surface area contributed by atoms with Gasteiger partial charge in [0.15, 0.2) is 11.3 Å². The number of hydrogen-bond donors (Lipinski definition) is 1. The lowest BCUT2D eigenvalue weighted by atomic mass is 10.1. The molecular weight excluding hydrogens is 408 g/mol. The van der Waals surface area contributed by atoms with E-state index in [1.807, 2.05) is 43.3 Å². The smallest absolute Gasteiger partial charge is 0.276 e. The van der Waals surface area contributed by atoms with E-state index in [0.29, 0.717) is 10.9 Å². The van der Waals surface area contributed by atoms with Gasteiger partial charge in [0.05, 0.1) is 14.0 Å². The number of benzene rings is 1. The topological polar surface area (TPSA) is 57.1 Å². The van der Waals surface area contributed by atoms with E-state index in [1.165, 1.54) is 11.8 Å². The average Bonchev–Trinajstić information content (AvgIpc) is 3.00.